The van der Waals surface area contributed by atoms with Gasteiger partial charge < -0.3 is 15.4 Å². The molecule has 0 amide bonds. The molecule has 0 radical (unpaired) electrons. The SMILES string of the molecule is CN(c1ccccc1N)C1CCOC2(CCSC2)C1. The van der Waals surface area contributed by atoms with E-state index in [0.717, 1.165) is 36.6 Å². The van der Waals surface area contributed by atoms with E-state index in [9.17, 15) is 0 Å². The van der Waals surface area contributed by atoms with Gasteiger partial charge >= 0.3 is 0 Å². The summed E-state index contributed by atoms with van der Waals surface area (Å²) >= 11 is 2.02. The number of hydrogen-bond acceptors (Lipinski definition) is 4. The summed E-state index contributed by atoms with van der Waals surface area (Å²) in [7, 11) is 2.16. The van der Waals surface area contributed by atoms with Crippen molar-refractivity contribution < 1.29 is 4.74 Å². The van der Waals surface area contributed by atoms with E-state index in [1.54, 1.807) is 0 Å². The zero-order chi connectivity index (χ0) is 13.3. The maximum Gasteiger partial charge on any atom is 0.0799 e. The fraction of sp³-hybridized carbons (Fsp3) is 0.600. The molecule has 2 unspecified atom stereocenters. The van der Waals surface area contributed by atoms with Gasteiger partial charge in [-0.05, 0) is 37.1 Å². The summed E-state index contributed by atoms with van der Waals surface area (Å²) in [5.74, 6) is 2.39. The summed E-state index contributed by atoms with van der Waals surface area (Å²) in [6, 6.07) is 8.68. The molecular formula is C15H22N2OS. The topological polar surface area (TPSA) is 38.5 Å². The number of nitrogens with two attached hydrogens (primary N) is 1. The zero-order valence-electron chi connectivity index (χ0n) is 11.5. The van der Waals surface area contributed by atoms with E-state index in [2.05, 4.69) is 24.1 Å². The van der Waals surface area contributed by atoms with Crippen molar-refractivity contribution >= 4 is 23.1 Å². The molecule has 2 aliphatic rings. The Hall–Kier alpha value is -0.870. The van der Waals surface area contributed by atoms with E-state index in [-0.39, 0.29) is 5.60 Å². The molecule has 4 heteroatoms. The van der Waals surface area contributed by atoms with Gasteiger partial charge in [0.15, 0.2) is 0 Å². The van der Waals surface area contributed by atoms with Crippen LogP contribution in [-0.2, 0) is 4.74 Å². The Kier molecular flexibility index (Phi) is 3.63. The van der Waals surface area contributed by atoms with Crippen LogP contribution in [0.3, 0.4) is 0 Å². The van der Waals surface area contributed by atoms with Crippen LogP contribution in [0.5, 0.6) is 0 Å². The summed E-state index contributed by atoms with van der Waals surface area (Å²) in [4.78, 5) is 2.35. The minimum Gasteiger partial charge on any atom is -0.397 e. The molecular weight excluding hydrogens is 256 g/mol. The molecule has 1 aromatic carbocycles. The van der Waals surface area contributed by atoms with E-state index in [4.69, 9.17) is 10.5 Å². The molecule has 2 aliphatic heterocycles. The summed E-state index contributed by atoms with van der Waals surface area (Å²) in [6.07, 6.45) is 3.42. The van der Waals surface area contributed by atoms with Gasteiger partial charge in [-0.3, -0.25) is 0 Å². The predicted octanol–water partition coefficient (Wildman–Crippen LogP) is 2.76. The molecule has 0 saturated carbocycles. The van der Waals surface area contributed by atoms with Gasteiger partial charge in [0.1, 0.15) is 0 Å². The first-order valence-corrected chi connectivity index (χ1v) is 8.15. The molecule has 104 valence electrons. The highest BCUT2D eigenvalue weighted by Gasteiger charge is 2.41. The molecule has 3 rings (SSSR count). The van der Waals surface area contributed by atoms with Crippen LogP contribution in [0.15, 0.2) is 24.3 Å². The van der Waals surface area contributed by atoms with Crippen LogP contribution in [0.25, 0.3) is 0 Å². The third kappa shape index (κ3) is 2.56. The lowest BCUT2D eigenvalue weighted by atomic mass is 9.89. The van der Waals surface area contributed by atoms with Gasteiger partial charge in [0.2, 0.25) is 0 Å². The van der Waals surface area contributed by atoms with Crippen LogP contribution in [0, 0.1) is 0 Å². The highest BCUT2D eigenvalue weighted by Crippen LogP contribution is 2.40. The third-order valence-corrected chi connectivity index (χ3v) is 5.62. The van der Waals surface area contributed by atoms with Crippen LogP contribution in [-0.4, -0.2) is 36.8 Å². The quantitative estimate of drug-likeness (QED) is 0.844. The highest BCUT2D eigenvalue weighted by molar-refractivity contribution is 7.99. The number of hydrogen-bond donors (Lipinski definition) is 1. The van der Waals surface area contributed by atoms with E-state index in [1.807, 2.05) is 23.9 Å². The van der Waals surface area contributed by atoms with Gasteiger partial charge in [-0.25, -0.2) is 0 Å². The van der Waals surface area contributed by atoms with Crippen molar-refractivity contribution in [3.8, 4) is 0 Å². The fourth-order valence-electron chi connectivity index (χ4n) is 3.20. The molecule has 1 aromatic rings. The molecule has 0 aliphatic carbocycles. The number of rotatable bonds is 2. The summed E-state index contributed by atoms with van der Waals surface area (Å²) in [5.41, 5.74) is 8.24. The molecule has 2 heterocycles. The third-order valence-electron chi connectivity index (χ3n) is 4.40. The van der Waals surface area contributed by atoms with Crippen molar-refractivity contribution in [1.29, 1.82) is 0 Å². The minimum atomic E-state index is 0.130. The second-order valence-electron chi connectivity index (χ2n) is 5.65. The average molecular weight is 278 g/mol. The molecule has 1 spiro atoms. The van der Waals surface area contributed by atoms with E-state index in [0.29, 0.717) is 6.04 Å². The molecule has 0 bridgehead atoms. The van der Waals surface area contributed by atoms with Crippen molar-refractivity contribution in [1.82, 2.24) is 0 Å². The average Bonchev–Trinajstić information content (AvgIpc) is 2.86. The number of benzene rings is 1. The Bertz CT molecular complexity index is 446. The Labute approximate surface area is 119 Å². The maximum absolute atomic E-state index is 6.10. The molecule has 3 nitrogen and oxygen atoms in total. The van der Waals surface area contributed by atoms with Crippen LogP contribution in [0.1, 0.15) is 19.3 Å². The molecule has 19 heavy (non-hydrogen) atoms. The first kappa shape index (κ1) is 13.1. The molecule has 2 atom stereocenters. The van der Waals surface area contributed by atoms with E-state index >= 15 is 0 Å². The van der Waals surface area contributed by atoms with Crippen molar-refractivity contribution in [3.63, 3.8) is 0 Å². The first-order valence-electron chi connectivity index (χ1n) is 6.99. The van der Waals surface area contributed by atoms with Gasteiger partial charge in [0, 0.05) is 25.4 Å². The summed E-state index contributed by atoms with van der Waals surface area (Å²) in [6.45, 7) is 0.877. The van der Waals surface area contributed by atoms with Crippen molar-refractivity contribution in [3.05, 3.63) is 24.3 Å². The van der Waals surface area contributed by atoms with Crippen LogP contribution in [0.2, 0.25) is 0 Å². The van der Waals surface area contributed by atoms with Gasteiger partial charge in [-0.2, -0.15) is 11.8 Å². The molecule has 2 N–H and O–H groups in total. The van der Waals surface area contributed by atoms with E-state index in [1.165, 1.54) is 12.2 Å². The van der Waals surface area contributed by atoms with Gasteiger partial charge in [-0.15, -0.1) is 0 Å². The first-order chi connectivity index (χ1) is 9.20. The monoisotopic (exact) mass is 278 g/mol. The number of nitrogens with zero attached hydrogens (tertiary/aromatic N) is 1. The maximum atomic E-state index is 6.10. The number of nitrogen functional groups attached to an aromatic ring is 1. The Morgan fingerprint density at radius 3 is 3.00 bits per heavy atom. The molecule has 2 saturated heterocycles. The summed E-state index contributed by atoms with van der Waals surface area (Å²) < 4.78 is 6.09. The Morgan fingerprint density at radius 1 is 1.42 bits per heavy atom. The predicted molar refractivity (Wildman–Crippen MR) is 82.9 cm³/mol. The number of anilines is 2. The van der Waals surface area contributed by atoms with Gasteiger partial charge in [-0.1, -0.05) is 12.1 Å². The number of para-hydroxylation sites is 2. The van der Waals surface area contributed by atoms with Gasteiger partial charge in [0.25, 0.3) is 0 Å². The Balaban J connectivity index is 1.76. The molecule has 2 fully saturated rings. The van der Waals surface area contributed by atoms with Crippen LogP contribution >= 0.6 is 11.8 Å². The van der Waals surface area contributed by atoms with Gasteiger partial charge in [0.05, 0.1) is 17.0 Å². The smallest absolute Gasteiger partial charge is 0.0799 e. The fourth-order valence-corrected chi connectivity index (χ4v) is 4.58. The van der Waals surface area contributed by atoms with Crippen LogP contribution in [0.4, 0.5) is 11.4 Å². The van der Waals surface area contributed by atoms with Crippen molar-refractivity contribution in [2.45, 2.75) is 30.9 Å². The minimum absolute atomic E-state index is 0.130. The highest BCUT2D eigenvalue weighted by atomic mass is 32.2. The van der Waals surface area contributed by atoms with Crippen molar-refractivity contribution in [2.24, 2.45) is 0 Å². The molecule has 0 aromatic heterocycles. The standard InChI is InChI=1S/C15H22N2OS/c1-17(14-5-3-2-4-13(14)16)12-6-8-18-15(10-12)7-9-19-11-15/h2-5,12H,6-11,16H2,1H3. The lowest BCUT2D eigenvalue weighted by Crippen LogP contribution is -2.48. The number of ether oxygens (including phenoxy) is 1. The normalized spacial score (nSPS) is 30.7. The van der Waals surface area contributed by atoms with Crippen LogP contribution < -0.4 is 10.6 Å². The lowest BCUT2D eigenvalue weighted by molar-refractivity contribution is -0.0658. The second kappa shape index (κ2) is 5.25. The second-order valence-corrected chi connectivity index (χ2v) is 6.76. The number of thioether (sulfide) groups is 1. The van der Waals surface area contributed by atoms with Crippen molar-refractivity contribution in [2.75, 3.05) is 35.8 Å². The Morgan fingerprint density at radius 2 is 2.26 bits per heavy atom. The summed E-state index contributed by atoms with van der Waals surface area (Å²) in [5, 5.41) is 0. The zero-order valence-corrected chi connectivity index (χ0v) is 12.3. The lowest BCUT2D eigenvalue weighted by Gasteiger charge is -2.42. The largest absolute Gasteiger partial charge is 0.397 e. The van der Waals surface area contributed by atoms with E-state index < -0.39 is 0 Å².